The quantitative estimate of drug-likeness (QED) is 0.897. The zero-order valence-electron chi connectivity index (χ0n) is 15.5. The van der Waals surface area contributed by atoms with E-state index in [0.29, 0.717) is 12.2 Å². The number of fused-ring (bicyclic) bond motifs is 3. The van der Waals surface area contributed by atoms with E-state index in [-0.39, 0.29) is 41.8 Å². The largest absolute Gasteiger partial charge is 0.323 e. The highest BCUT2D eigenvalue weighted by Crippen LogP contribution is 2.38. The highest BCUT2D eigenvalue weighted by molar-refractivity contribution is 7.99. The highest BCUT2D eigenvalue weighted by atomic mass is 32.2. The third-order valence-electron chi connectivity index (χ3n) is 5.05. The molecule has 1 amide bonds. The van der Waals surface area contributed by atoms with E-state index in [1.54, 1.807) is 11.8 Å². The Bertz CT molecular complexity index is 659. The molecule has 1 saturated heterocycles. The van der Waals surface area contributed by atoms with Crippen LogP contribution in [0.2, 0.25) is 0 Å². The normalized spacial score (nSPS) is 26.4. The van der Waals surface area contributed by atoms with Crippen molar-refractivity contribution in [3.8, 4) is 0 Å². The number of carbonyl (C=O) groups excluding carboxylic acids is 2. The van der Waals surface area contributed by atoms with Crippen LogP contribution in [0.3, 0.4) is 0 Å². The third kappa shape index (κ3) is 3.63. The Kier molecular flexibility index (Phi) is 5.54. The molecule has 2 heterocycles. The topological polar surface area (TPSA) is 49.4 Å². The standard InChI is InChI=1S/C20H28N2O2S/c1-12(2)19(23)18-11-25-10-17-15-8-6-5-7-14(15)9-16(21-13(3)4)20(24)22(17)18/h5-8,12-13,16-18,21H,9-11H2,1-4H3. The average molecular weight is 361 g/mol. The molecular formula is C20H28N2O2S. The van der Waals surface area contributed by atoms with Crippen molar-refractivity contribution < 1.29 is 9.59 Å². The van der Waals surface area contributed by atoms with E-state index < -0.39 is 0 Å². The second-order valence-corrected chi connectivity index (χ2v) is 8.72. The monoisotopic (exact) mass is 360 g/mol. The number of thioether (sulfide) groups is 1. The predicted molar refractivity (Wildman–Crippen MR) is 103 cm³/mol. The van der Waals surface area contributed by atoms with E-state index in [9.17, 15) is 9.59 Å². The number of rotatable bonds is 4. The SMILES string of the molecule is CC(C)NC1Cc2ccccc2C2CSCC(C(=O)C(C)C)N2C1=O. The fourth-order valence-electron chi connectivity index (χ4n) is 3.88. The summed E-state index contributed by atoms with van der Waals surface area (Å²) in [4.78, 5) is 28.2. The number of hydrogen-bond acceptors (Lipinski definition) is 4. The van der Waals surface area contributed by atoms with Gasteiger partial charge in [-0.3, -0.25) is 9.59 Å². The molecule has 0 aromatic heterocycles. The summed E-state index contributed by atoms with van der Waals surface area (Å²) >= 11 is 1.79. The van der Waals surface area contributed by atoms with Crippen molar-refractivity contribution in [2.45, 2.75) is 58.3 Å². The summed E-state index contributed by atoms with van der Waals surface area (Å²) in [6.07, 6.45) is 0.688. The molecule has 25 heavy (non-hydrogen) atoms. The van der Waals surface area contributed by atoms with Crippen molar-refractivity contribution >= 4 is 23.5 Å². The molecular weight excluding hydrogens is 332 g/mol. The van der Waals surface area contributed by atoms with Crippen LogP contribution in [-0.4, -0.2) is 46.2 Å². The lowest BCUT2D eigenvalue weighted by Gasteiger charge is -2.42. The molecule has 1 N–H and O–H groups in total. The van der Waals surface area contributed by atoms with Gasteiger partial charge in [0.1, 0.15) is 6.04 Å². The molecule has 1 aromatic rings. The Morgan fingerprint density at radius 1 is 1.20 bits per heavy atom. The van der Waals surface area contributed by atoms with Gasteiger partial charge in [0.2, 0.25) is 5.91 Å². The summed E-state index contributed by atoms with van der Waals surface area (Å²) in [6.45, 7) is 7.97. The Morgan fingerprint density at radius 3 is 2.60 bits per heavy atom. The molecule has 0 spiro atoms. The van der Waals surface area contributed by atoms with Crippen LogP contribution in [0.4, 0.5) is 0 Å². The third-order valence-corrected chi connectivity index (χ3v) is 6.15. The number of Topliss-reactive ketones (excluding diaryl/α,β-unsaturated/α-hetero) is 1. The average Bonchev–Trinajstić information content (AvgIpc) is 2.69. The summed E-state index contributed by atoms with van der Waals surface area (Å²) in [5.41, 5.74) is 2.43. The molecule has 0 aliphatic carbocycles. The molecule has 3 atom stereocenters. The minimum Gasteiger partial charge on any atom is -0.323 e. The van der Waals surface area contributed by atoms with Gasteiger partial charge in [-0.1, -0.05) is 52.0 Å². The maximum atomic E-state index is 13.4. The number of nitrogens with zero attached hydrogens (tertiary/aromatic N) is 1. The van der Waals surface area contributed by atoms with Crippen molar-refractivity contribution in [1.29, 1.82) is 0 Å². The number of benzene rings is 1. The minimum absolute atomic E-state index is 0.00545. The lowest BCUT2D eigenvalue weighted by Crippen LogP contribution is -2.57. The van der Waals surface area contributed by atoms with Crippen LogP contribution >= 0.6 is 11.8 Å². The van der Waals surface area contributed by atoms with Gasteiger partial charge in [0.25, 0.3) is 0 Å². The molecule has 0 bridgehead atoms. The first-order valence-corrected chi connectivity index (χ1v) is 10.3. The van der Waals surface area contributed by atoms with E-state index in [1.165, 1.54) is 11.1 Å². The number of nitrogens with one attached hydrogen (secondary N) is 1. The maximum Gasteiger partial charge on any atom is 0.241 e. The van der Waals surface area contributed by atoms with Crippen molar-refractivity contribution in [1.82, 2.24) is 10.2 Å². The van der Waals surface area contributed by atoms with E-state index in [0.717, 1.165) is 5.75 Å². The first-order chi connectivity index (χ1) is 11.9. The fourth-order valence-corrected chi connectivity index (χ4v) is 5.13. The molecule has 1 fully saturated rings. The summed E-state index contributed by atoms with van der Waals surface area (Å²) in [5.74, 6) is 1.75. The minimum atomic E-state index is -0.320. The maximum absolute atomic E-state index is 13.4. The van der Waals surface area contributed by atoms with E-state index in [4.69, 9.17) is 0 Å². The second kappa shape index (κ2) is 7.50. The second-order valence-electron chi connectivity index (χ2n) is 7.65. The Morgan fingerprint density at radius 2 is 1.92 bits per heavy atom. The molecule has 0 radical (unpaired) electrons. The van der Waals surface area contributed by atoms with Crippen LogP contribution in [0, 0.1) is 5.92 Å². The van der Waals surface area contributed by atoms with E-state index in [1.807, 2.05) is 30.9 Å². The van der Waals surface area contributed by atoms with Crippen molar-refractivity contribution in [3.05, 3.63) is 35.4 Å². The molecule has 4 nitrogen and oxygen atoms in total. The fraction of sp³-hybridized carbons (Fsp3) is 0.600. The first kappa shape index (κ1) is 18.5. The highest BCUT2D eigenvalue weighted by Gasteiger charge is 2.44. The number of ketones is 1. The predicted octanol–water partition coefficient (Wildman–Crippen LogP) is 2.82. The summed E-state index contributed by atoms with van der Waals surface area (Å²) in [6, 6.07) is 7.95. The van der Waals surface area contributed by atoms with Gasteiger partial charge in [0.15, 0.2) is 5.78 Å². The number of amides is 1. The molecule has 0 saturated carbocycles. The molecule has 1 aromatic carbocycles. The van der Waals surface area contributed by atoms with Gasteiger partial charge in [-0.15, -0.1) is 0 Å². The zero-order valence-corrected chi connectivity index (χ0v) is 16.3. The van der Waals surface area contributed by atoms with Crippen LogP contribution < -0.4 is 5.32 Å². The molecule has 3 unspecified atom stereocenters. The van der Waals surface area contributed by atoms with Gasteiger partial charge in [0.05, 0.1) is 12.1 Å². The van der Waals surface area contributed by atoms with Crippen LogP contribution in [0.1, 0.15) is 44.9 Å². The van der Waals surface area contributed by atoms with Gasteiger partial charge >= 0.3 is 0 Å². The Hall–Kier alpha value is -1.33. The van der Waals surface area contributed by atoms with Gasteiger partial charge in [-0.25, -0.2) is 0 Å². The van der Waals surface area contributed by atoms with Crippen LogP contribution in [0.15, 0.2) is 24.3 Å². The summed E-state index contributed by atoms with van der Waals surface area (Å²) < 4.78 is 0. The van der Waals surface area contributed by atoms with Crippen LogP contribution in [0.25, 0.3) is 0 Å². The van der Waals surface area contributed by atoms with Gasteiger partial charge in [-0.2, -0.15) is 11.8 Å². The number of carbonyl (C=O) groups is 2. The zero-order chi connectivity index (χ0) is 18.1. The number of hydrogen-bond donors (Lipinski definition) is 1. The van der Waals surface area contributed by atoms with Gasteiger partial charge in [0, 0.05) is 23.5 Å². The van der Waals surface area contributed by atoms with Crippen molar-refractivity contribution in [2.75, 3.05) is 11.5 Å². The Balaban J connectivity index is 2.05. The molecule has 2 aliphatic heterocycles. The van der Waals surface area contributed by atoms with Gasteiger partial charge in [-0.05, 0) is 17.5 Å². The smallest absolute Gasteiger partial charge is 0.241 e. The Labute approximate surface area is 154 Å². The molecule has 2 aliphatic rings. The molecule has 5 heteroatoms. The summed E-state index contributed by atoms with van der Waals surface area (Å²) in [5, 5.41) is 3.42. The van der Waals surface area contributed by atoms with Gasteiger partial charge < -0.3 is 10.2 Å². The first-order valence-electron chi connectivity index (χ1n) is 9.17. The van der Waals surface area contributed by atoms with E-state index >= 15 is 0 Å². The lowest BCUT2D eigenvalue weighted by atomic mass is 9.96. The summed E-state index contributed by atoms with van der Waals surface area (Å²) in [7, 11) is 0. The molecule has 3 rings (SSSR count). The van der Waals surface area contributed by atoms with Crippen LogP contribution in [-0.2, 0) is 16.0 Å². The van der Waals surface area contributed by atoms with Crippen LogP contribution in [0.5, 0.6) is 0 Å². The lowest BCUT2D eigenvalue weighted by molar-refractivity contribution is -0.144. The molecule has 136 valence electrons. The van der Waals surface area contributed by atoms with Crippen molar-refractivity contribution in [2.24, 2.45) is 5.92 Å². The van der Waals surface area contributed by atoms with E-state index in [2.05, 4.69) is 31.3 Å². The van der Waals surface area contributed by atoms with Crippen molar-refractivity contribution in [3.63, 3.8) is 0 Å².